The van der Waals surface area contributed by atoms with Gasteiger partial charge in [0.15, 0.2) is 0 Å². The van der Waals surface area contributed by atoms with Crippen LogP contribution >= 0.6 is 0 Å². The molecule has 3 heterocycles. The van der Waals surface area contributed by atoms with Crippen molar-refractivity contribution >= 4 is 17.7 Å². The van der Waals surface area contributed by atoms with E-state index in [0.717, 1.165) is 29.2 Å². The standard InChI is InChI=1S/C25H22F3N3O4/c26-25(27,28)20-10-18(8-6-16(20)11-29)31-23(32)22-19(14-35-31)17-7-9-21(22)30(12-17)24(33)34-13-15-4-2-1-3-5-15/h1-6,8,10,17,19,21-22H,7,9,12-14H2/t17?,19-,21?,22-/m0/s1. The van der Waals surface area contributed by atoms with Crippen molar-refractivity contribution < 1.29 is 32.3 Å². The minimum absolute atomic E-state index is 0.0343. The van der Waals surface area contributed by atoms with Gasteiger partial charge in [-0.1, -0.05) is 30.3 Å². The monoisotopic (exact) mass is 485 g/mol. The third-order valence-corrected chi connectivity index (χ3v) is 7.13. The topological polar surface area (TPSA) is 82.9 Å². The molecular weight excluding hydrogens is 463 g/mol. The van der Waals surface area contributed by atoms with Crippen LogP contribution in [0.5, 0.6) is 0 Å². The lowest BCUT2D eigenvalue weighted by atomic mass is 9.64. The molecule has 1 aliphatic carbocycles. The first-order chi connectivity index (χ1) is 16.8. The van der Waals surface area contributed by atoms with Crippen LogP contribution in [0.2, 0.25) is 0 Å². The van der Waals surface area contributed by atoms with Crippen LogP contribution in [0, 0.1) is 29.1 Å². The number of piperidine rings is 2. The van der Waals surface area contributed by atoms with Crippen LogP contribution in [0.15, 0.2) is 48.5 Å². The number of carbonyl (C=O) groups is 2. The molecular formula is C25H22F3N3O4. The summed E-state index contributed by atoms with van der Waals surface area (Å²) < 4.78 is 45.9. The van der Waals surface area contributed by atoms with Crippen molar-refractivity contribution in [3.8, 4) is 6.07 Å². The molecule has 0 spiro atoms. The highest BCUT2D eigenvalue weighted by Gasteiger charge is 2.56. The molecule has 3 aliphatic heterocycles. The van der Waals surface area contributed by atoms with Crippen molar-refractivity contribution in [3.63, 3.8) is 0 Å². The number of nitrogens with zero attached hydrogens (tertiary/aromatic N) is 3. The Balaban J connectivity index is 1.37. The first-order valence-electron chi connectivity index (χ1n) is 11.3. The number of hydrogen-bond acceptors (Lipinski definition) is 5. The average Bonchev–Trinajstić information content (AvgIpc) is 2.87. The summed E-state index contributed by atoms with van der Waals surface area (Å²) in [5.74, 6) is -1.19. The number of amides is 2. The molecule has 4 aliphatic rings. The molecule has 4 atom stereocenters. The lowest BCUT2D eigenvalue weighted by molar-refractivity contribution is -0.160. The van der Waals surface area contributed by atoms with E-state index >= 15 is 0 Å². The number of hydroxylamine groups is 1. The van der Waals surface area contributed by atoms with Gasteiger partial charge in [0.25, 0.3) is 5.91 Å². The van der Waals surface area contributed by atoms with E-state index < -0.39 is 41.3 Å². The zero-order valence-electron chi connectivity index (χ0n) is 18.6. The van der Waals surface area contributed by atoms with E-state index in [1.807, 2.05) is 30.3 Å². The van der Waals surface area contributed by atoms with Crippen LogP contribution in [-0.2, 0) is 27.2 Å². The maximum Gasteiger partial charge on any atom is 0.417 e. The fourth-order valence-corrected chi connectivity index (χ4v) is 5.47. The van der Waals surface area contributed by atoms with Gasteiger partial charge in [-0.2, -0.15) is 23.5 Å². The summed E-state index contributed by atoms with van der Waals surface area (Å²) in [7, 11) is 0. The Kier molecular flexibility index (Phi) is 5.89. The largest absolute Gasteiger partial charge is 0.445 e. The Morgan fingerprint density at radius 1 is 1.17 bits per heavy atom. The first-order valence-corrected chi connectivity index (χ1v) is 11.3. The molecule has 7 nitrogen and oxygen atoms in total. The molecule has 6 rings (SSSR count). The molecule has 0 aromatic heterocycles. The summed E-state index contributed by atoms with van der Waals surface area (Å²) in [6.07, 6.45) is -3.83. The number of fused-ring (bicyclic) bond motifs is 2. The Bertz CT molecular complexity index is 1180. The quantitative estimate of drug-likeness (QED) is 0.639. The Morgan fingerprint density at radius 2 is 1.94 bits per heavy atom. The summed E-state index contributed by atoms with van der Waals surface area (Å²) in [4.78, 5) is 33.6. The average molecular weight is 485 g/mol. The van der Waals surface area contributed by atoms with Gasteiger partial charge in [0.2, 0.25) is 0 Å². The van der Waals surface area contributed by atoms with Crippen LogP contribution < -0.4 is 5.06 Å². The molecule has 0 N–H and O–H groups in total. The number of hydrogen-bond donors (Lipinski definition) is 0. The van der Waals surface area contributed by atoms with Gasteiger partial charge >= 0.3 is 12.3 Å². The van der Waals surface area contributed by atoms with E-state index in [1.165, 1.54) is 12.1 Å². The number of anilines is 1. The summed E-state index contributed by atoms with van der Waals surface area (Å²) in [5, 5.41) is 9.93. The molecule has 182 valence electrons. The summed E-state index contributed by atoms with van der Waals surface area (Å²) in [6.45, 7) is 0.716. The van der Waals surface area contributed by atoms with Gasteiger partial charge in [-0.3, -0.25) is 9.63 Å². The summed E-state index contributed by atoms with van der Waals surface area (Å²) in [6, 6.07) is 13.4. The van der Waals surface area contributed by atoms with E-state index in [2.05, 4.69) is 0 Å². The maximum absolute atomic E-state index is 13.5. The first kappa shape index (κ1) is 23.2. The minimum Gasteiger partial charge on any atom is -0.445 e. The number of rotatable bonds is 3. The molecule has 35 heavy (non-hydrogen) atoms. The minimum atomic E-state index is -4.76. The van der Waals surface area contributed by atoms with E-state index in [4.69, 9.17) is 14.8 Å². The molecule has 2 aromatic carbocycles. The van der Waals surface area contributed by atoms with E-state index in [9.17, 15) is 22.8 Å². The molecule has 2 amide bonds. The molecule has 0 radical (unpaired) electrons. The number of carbonyl (C=O) groups excluding carboxylic acids is 2. The van der Waals surface area contributed by atoms with Gasteiger partial charge in [0.05, 0.1) is 35.4 Å². The van der Waals surface area contributed by atoms with Crippen LogP contribution in [0.1, 0.15) is 29.5 Å². The van der Waals surface area contributed by atoms with Gasteiger partial charge in [0.1, 0.15) is 6.61 Å². The molecule has 2 bridgehead atoms. The van der Waals surface area contributed by atoms with Crippen molar-refractivity contribution in [2.45, 2.75) is 31.7 Å². The summed E-state index contributed by atoms with van der Waals surface area (Å²) >= 11 is 0. The van der Waals surface area contributed by atoms with Crippen molar-refractivity contribution in [1.82, 2.24) is 4.90 Å². The fraction of sp³-hybridized carbons (Fsp3) is 0.400. The molecule has 3 saturated heterocycles. The van der Waals surface area contributed by atoms with Crippen LogP contribution in [0.25, 0.3) is 0 Å². The predicted molar refractivity (Wildman–Crippen MR) is 116 cm³/mol. The highest BCUT2D eigenvalue weighted by molar-refractivity contribution is 5.95. The lowest BCUT2D eigenvalue weighted by Crippen LogP contribution is -2.66. The van der Waals surface area contributed by atoms with Gasteiger partial charge < -0.3 is 9.64 Å². The number of benzene rings is 2. The van der Waals surface area contributed by atoms with Gasteiger partial charge in [-0.25, -0.2) is 4.79 Å². The number of nitriles is 1. The van der Waals surface area contributed by atoms with Crippen molar-refractivity contribution in [2.75, 3.05) is 18.2 Å². The zero-order chi connectivity index (χ0) is 24.7. The number of ether oxygens (including phenoxy) is 1. The van der Waals surface area contributed by atoms with Gasteiger partial charge in [-0.05, 0) is 42.5 Å². The highest BCUT2D eigenvalue weighted by Crippen LogP contribution is 2.47. The second kappa shape index (κ2) is 8.89. The van der Waals surface area contributed by atoms with Crippen molar-refractivity contribution in [3.05, 3.63) is 65.2 Å². The normalized spacial score (nSPS) is 25.7. The third-order valence-electron chi connectivity index (χ3n) is 7.13. The second-order valence-corrected chi connectivity index (χ2v) is 9.05. The smallest absolute Gasteiger partial charge is 0.417 e. The maximum atomic E-state index is 13.5. The molecule has 10 heteroatoms. The molecule has 2 aromatic rings. The third kappa shape index (κ3) is 4.21. The van der Waals surface area contributed by atoms with E-state index in [1.54, 1.807) is 4.90 Å². The summed E-state index contributed by atoms with van der Waals surface area (Å²) in [5.41, 5.74) is -0.921. The number of alkyl halides is 3. The van der Waals surface area contributed by atoms with E-state index in [-0.39, 0.29) is 30.7 Å². The molecule has 4 fully saturated rings. The lowest BCUT2D eigenvalue weighted by Gasteiger charge is -2.55. The fourth-order valence-electron chi connectivity index (χ4n) is 5.47. The van der Waals surface area contributed by atoms with Crippen LogP contribution in [0.4, 0.5) is 23.7 Å². The van der Waals surface area contributed by atoms with Crippen molar-refractivity contribution in [1.29, 1.82) is 5.26 Å². The zero-order valence-corrected chi connectivity index (χ0v) is 18.6. The van der Waals surface area contributed by atoms with Crippen molar-refractivity contribution in [2.24, 2.45) is 17.8 Å². The van der Waals surface area contributed by atoms with Crippen LogP contribution in [-0.4, -0.2) is 36.1 Å². The van der Waals surface area contributed by atoms with E-state index in [0.29, 0.717) is 13.0 Å². The Morgan fingerprint density at radius 3 is 2.66 bits per heavy atom. The second-order valence-electron chi connectivity index (χ2n) is 9.05. The highest BCUT2D eigenvalue weighted by atomic mass is 19.4. The Hall–Kier alpha value is -3.58. The van der Waals surface area contributed by atoms with Crippen LogP contribution in [0.3, 0.4) is 0 Å². The molecule has 1 saturated carbocycles. The van der Waals surface area contributed by atoms with Gasteiger partial charge in [0, 0.05) is 18.5 Å². The Labute approximate surface area is 199 Å². The van der Waals surface area contributed by atoms with Gasteiger partial charge in [-0.15, -0.1) is 0 Å². The molecule has 2 unspecified atom stereocenters. The SMILES string of the molecule is N#Cc1ccc(N2OC[C@H]3C4CCC([C@H]3C2=O)N(C(=O)OCc2ccccc2)C4)cc1C(F)(F)F. The number of halogens is 3. The predicted octanol–water partition coefficient (Wildman–Crippen LogP) is 4.52.